The van der Waals surface area contributed by atoms with Crippen LogP contribution in [0.1, 0.15) is 36.0 Å². The van der Waals surface area contributed by atoms with Crippen LogP contribution < -0.4 is 10.2 Å². The van der Waals surface area contributed by atoms with E-state index in [4.69, 9.17) is 11.6 Å². The Morgan fingerprint density at radius 3 is 2.71 bits per heavy atom. The van der Waals surface area contributed by atoms with Gasteiger partial charge in [-0.1, -0.05) is 24.4 Å². The second kappa shape index (κ2) is 5.48. The number of nitrogens with one attached hydrogen (secondary N) is 1. The van der Waals surface area contributed by atoms with Gasteiger partial charge in [0, 0.05) is 11.1 Å². The Bertz CT molecular complexity index is 623. The number of carbonyl (C=O) groups is 3. The maximum absolute atomic E-state index is 12.1. The minimum atomic E-state index is -0.672. The van der Waals surface area contributed by atoms with Gasteiger partial charge >= 0.3 is 0 Å². The third kappa shape index (κ3) is 2.65. The van der Waals surface area contributed by atoms with Crippen LogP contribution in [-0.4, -0.2) is 30.2 Å². The fraction of sp³-hybridized carbons (Fsp3) is 0.400. The largest absolute Gasteiger partial charge is 0.352 e. The van der Waals surface area contributed by atoms with Crippen molar-refractivity contribution in [3.8, 4) is 0 Å². The van der Waals surface area contributed by atoms with E-state index in [9.17, 15) is 14.4 Å². The maximum atomic E-state index is 12.1. The number of ketones is 1. The molecular weight excluding hydrogens is 292 g/mol. The average Bonchev–Trinajstić information content (AvgIpc) is 3.02. The number of rotatable bonds is 3. The number of amides is 2. The lowest BCUT2D eigenvalue weighted by Crippen LogP contribution is -2.43. The average molecular weight is 307 g/mol. The zero-order chi connectivity index (χ0) is 15.0. The van der Waals surface area contributed by atoms with Crippen molar-refractivity contribution >= 4 is 34.9 Å². The molecule has 0 bridgehead atoms. The van der Waals surface area contributed by atoms with Gasteiger partial charge in [0.05, 0.1) is 11.3 Å². The third-order valence-electron chi connectivity index (χ3n) is 3.96. The van der Waals surface area contributed by atoms with Crippen LogP contribution >= 0.6 is 11.6 Å². The van der Waals surface area contributed by atoms with Crippen LogP contribution in [0, 0.1) is 0 Å². The summed E-state index contributed by atoms with van der Waals surface area (Å²) in [5.74, 6) is -1.50. The molecule has 110 valence electrons. The van der Waals surface area contributed by atoms with Gasteiger partial charge in [0.15, 0.2) is 0 Å². The molecule has 1 N–H and O–H groups in total. The van der Waals surface area contributed by atoms with Crippen molar-refractivity contribution in [3.05, 3.63) is 28.8 Å². The Hall–Kier alpha value is -1.88. The first-order valence-electron chi connectivity index (χ1n) is 7.01. The molecule has 0 aromatic heterocycles. The normalized spacial score (nSPS) is 18.2. The van der Waals surface area contributed by atoms with E-state index in [2.05, 4.69) is 5.32 Å². The molecule has 21 heavy (non-hydrogen) atoms. The molecule has 1 aromatic rings. The van der Waals surface area contributed by atoms with E-state index in [1.165, 1.54) is 11.0 Å². The summed E-state index contributed by atoms with van der Waals surface area (Å²) in [7, 11) is 0. The summed E-state index contributed by atoms with van der Waals surface area (Å²) in [6, 6.07) is 4.81. The SMILES string of the molecule is O=C(CN1C(=O)C(=O)c2ccc(Cl)cc21)NC1CCCC1. The number of anilines is 1. The lowest BCUT2D eigenvalue weighted by molar-refractivity contribution is -0.122. The van der Waals surface area contributed by atoms with Crippen molar-refractivity contribution in [2.75, 3.05) is 11.4 Å². The highest BCUT2D eigenvalue weighted by molar-refractivity contribution is 6.53. The number of nitrogens with zero attached hydrogens (tertiary/aromatic N) is 1. The second-order valence-electron chi connectivity index (χ2n) is 5.43. The van der Waals surface area contributed by atoms with Gasteiger partial charge in [-0.25, -0.2) is 0 Å². The first kappa shape index (κ1) is 14.1. The van der Waals surface area contributed by atoms with Crippen molar-refractivity contribution in [1.82, 2.24) is 5.32 Å². The van der Waals surface area contributed by atoms with Crippen molar-refractivity contribution in [2.45, 2.75) is 31.7 Å². The molecule has 3 rings (SSSR count). The topological polar surface area (TPSA) is 66.5 Å². The van der Waals surface area contributed by atoms with Crippen LogP contribution in [-0.2, 0) is 9.59 Å². The standard InChI is InChI=1S/C15H15ClN2O3/c16-9-5-6-11-12(7-9)18(15(21)14(11)20)8-13(19)17-10-3-1-2-4-10/h5-7,10H,1-4,8H2,(H,17,19). The van der Waals surface area contributed by atoms with Crippen molar-refractivity contribution in [3.63, 3.8) is 0 Å². The maximum Gasteiger partial charge on any atom is 0.299 e. The lowest BCUT2D eigenvalue weighted by atomic mass is 10.1. The van der Waals surface area contributed by atoms with E-state index in [1.807, 2.05) is 0 Å². The molecule has 1 fully saturated rings. The predicted octanol–water partition coefficient (Wildman–Crippen LogP) is 1.93. The molecule has 2 amide bonds. The highest BCUT2D eigenvalue weighted by atomic mass is 35.5. The number of fused-ring (bicyclic) bond motifs is 1. The Balaban J connectivity index is 1.76. The van der Waals surface area contributed by atoms with Crippen LogP contribution in [0.2, 0.25) is 5.02 Å². The fourth-order valence-electron chi connectivity index (χ4n) is 2.91. The molecular formula is C15H15ClN2O3. The van der Waals surface area contributed by atoms with E-state index < -0.39 is 11.7 Å². The van der Waals surface area contributed by atoms with E-state index in [0.29, 0.717) is 16.3 Å². The quantitative estimate of drug-likeness (QED) is 0.868. The first-order chi connectivity index (χ1) is 10.1. The number of hydrogen-bond acceptors (Lipinski definition) is 3. The molecule has 1 aromatic carbocycles. The highest BCUT2D eigenvalue weighted by Crippen LogP contribution is 2.31. The van der Waals surface area contributed by atoms with Gasteiger partial charge in [0.1, 0.15) is 6.54 Å². The lowest BCUT2D eigenvalue weighted by Gasteiger charge is -2.18. The van der Waals surface area contributed by atoms with E-state index in [-0.39, 0.29) is 18.5 Å². The zero-order valence-electron chi connectivity index (χ0n) is 11.4. The summed E-state index contributed by atoms with van der Waals surface area (Å²) in [5.41, 5.74) is 0.720. The summed E-state index contributed by atoms with van der Waals surface area (Å²) in [5, 5.41) is 3.34. The monoisotopic (exact) mass is 306 g/mol. The molecule has 0 atom stereocenters. The Labute approximate surface area is 127 Å². The number of Topliss-reactive ketones (excluding diaryl/α,β-unsaturated/α-hetero) is 1. The molecule has 0 radical (unpaired) electrons. The number of benzene rings is 1. The predicted molar refractivity (Wildman–Crippen MR) is 78.5 cm³/mol. The van der Waals surface area contributed by atoms with Gasteiger partial charge in [-0.3, -0.25) is 19.3 Å². The van der Waals surface area contributed by atoms with Gasteiger partial charge in [-0.15, -0.1) is 0 Å². The van der Waals surface area contributed by atoms with E-state index >= 15 is 0 Å². The van der Waals surface area contributed by atoms with Gasteiger partial charge in [-0.2, -0.15) is 0 Å². The molecule has 5 nitrogen and oxygen atoms in total. The van der Waals surface area contributed by atoms with E-state index in [1.54, 1.807) is 12.1 Å². The van der Waals surface area contributed by atoms with Crippen molar-refractivity contribution < 1.29 is 14.4 Å². The molecule has 0 spiro atoms. The van der Waals surface area contributed by atoms with Crippen molar-refractivity contribution in [1.29, 1.82) is 0 Å². The summed E-state index contributed by atoms with van der Waals surface area (Å²) in [6.45, 7) is -0.144. The third-order valence-corrected chi connectivity index (χ3v) is 4.19. The highest BCUT2D eigenvalue weighted by Gasteiger charge is 2.37. The van der Waals surface area contributed by atoms with Crippen LogP contribution in [0.4, 0.5) is 5.69 Å². The Morgan fingerprint density at radius 1 is 1.29 bits per heavy atom. The first-order valence-corrected chi connectivity index (χ1v) is 7.39. The van der Waals surface area contributed by atoms with E-state index in [0.717, 1.165) is 25.7 Å². The number of carbonyl (C=O) groups excluding carboxylic acids is 3. The molecule has 6 heteroatoms. The van der Waals surface area contributed by atoms with Crippen LogP contribution in [0.25, 0.3) is 0 Å². The molecule has 0 unspecified atom stereocenters. The Morgan fingerprint density at radius 2 is 2.00 bits per heavy atom. The summed E-state index contributed by atoms with van der Waals surface area (Å²) in [4.78, 5) is 37.1. The van der Waals surface area contributed by atoms with Gasteiger partial charge in [-0.05, 0) is 31.0 Å². The second-order valence-corrected chi connectivity index (χ2v) is 5.87. The number of halogens is 1. The molecule has 1 aliphatic carbocycles. The summed E-state index contributed by atoms with van der Waals surface area (Å²) in [6.07, 6.45) is 4.18. The van der Waals surface area contributed by atoms with Crippen LogP contribution in [0.5, 0.6) is 0 Å². The molecule has 0 saturated heterocycles. The van der Waals surface area contributed by atoms with Crippen molar-refractivity contribution in [2.24, 2.45) is 0 Å². The fourth-order valence-corrected chi connectivity index (χ4v) is 3.08. The minimum Gasteiger partial charge on any atom is -0.352 e. The van der Waals surface area contributed by atoms with Crippen LogP contribution in [0.3, 0.4) is 0 Å². The van der Waals surface area contributed by atoms with Gasteiger partial charge in [0.2, 0.25) is 5.91 Å². The zero-order valence-corrected chi connectivity index (χ0v) is 12.2. The molecule has 1 heterocycles. The summed E-state index contributed by atoms with van der Waals surface area (Å²) >= 11 is 5.91. The molecule has 2 aliphatic rings. The molecule has 1 aliphatic heterocycles. The number of hydrogen-bond donors (Lipinski definition) is 1. The minimum absolute atomic E-state index is 0.144. The van der Waals surface area contributed by atoms with Crippen LogP contribution in [0.15, 0.2) is 18.2 Å². The van der Waals surface area contributed by atoms with Gasteiger partial charge in [0.25, 0.3) is 11.7 Å². The Kier molecular flexibility index (Phi) is 3.68. The van der Waals surface area contributed by atoms with Gasteiger partial charge < -0.3 is 5.32 Å². The smallest absolute Gasteiger partial charge is 0.299 e. The summed E-state index contributed by atoms with van der Waals surface area (Å²) < 4.78 is 0. The molecule has 1 saturated carbocycles.